The Bertz CT molecular complexity index is 1090. The SMILES string of the molecule is CCCC(=O)Oc1ccc([C@H]2CC(=O)Nc3ccc4ccccc4c32)cc1OC. The maximum Gasteiger partial charge on any atom is 0.311 e. The summed E-state index contributed by atoms with van der Waals surface area (Å²) in [6.07, 6.45) is 1.42. The molecule has 4 rings (SSSR count). The lowest BCUT2D eigenvalue weighted by molar-refractivity contribution is -0.134. The first-order chi connectivity index (χ1) is 14.1. The Kier molecular flexibility index (Phi) is 5.21. The van der Waals surface area contributed by atoms with Crippen molar-refractivity contribution < 1.29 is 19.1 Å². The zero-order valence-corrected chi connectivity index (χ0v) is 16.5. The van der Waals surface area contributed by atoms with Gasteiger partial charge in [-0.25, -0.2) is 0 Å². The molecule has 3 aromatic carbocycles. The zero-order chi connectivity index (χ0) is 20.4. The number of carbonyl (C=O) groups is 2. The summed E-state index contributed by atoms with van der Waals surface area (Å²) in [5, 5.41) is 5.24. The molecule has 1 aliphatic heterocycles. The summed E-state index contributed by atoms with van der Waals surface area (Å²) in [6, 6.07) is 17.7. The van der Waals surface area contributed by atoms with E-state index in [1.165, 1.54) is 0 Å². The van der Waals surface area contributed by atoms with Gasteiger partial charge in [0.05, 0.1) is 7.11 Å². The van der Waals surface area contributed by atoms with Crippen LogP contribution >= 0.6 is 0 Å². The number of carbonyl (C=O) groups excluding carboxylic acids is 2. The van der Waals surface area contributed by atoms with Gasteiger partial charge in [-0.1, -0.05) is 43.3 Å². The summed E-state index contributed by atoms with van der Waals surface area (Å²) in [7, 11) is 1.55. The molecule has 0 saturated carbocycles. The Morgan fingerprint density at radius 1 is 1.10 bits per heavy atom. The number of nitrogens with one attached hydrogen (secondary N) is 1. The highest BCUT2D eigenvalue weighted by Crippen LogP contribution is 2.43. The molecule has 1 aliphatic rings. The molecule has 3 aromatic rings. The topological polar surface area (TPSA) is 64.6 Å². The Morgan fingerprint density at radius 2 is 1.93 bits per heavy atom. The second kappa shape index (κ2) is 7.95. The summed E-state index contributed by atoms with van der Waals surface area (Å²) in [6.45, 7) is 1.93. The first kappa shape index (κ1) is 19.0. The third-order valence-electron chi connectivity index (χ3n) is 5.25. The van der Waals surface area contributed by atoms with Crippen LogP contribution in [0.3, 0.4) is 0 Å². The van der Waals surface area contributed by atoms with Gasteiger partial charge in [0.25, 0.3) is 0 Å². The lowest BCUT2D eigenvalue weighted by atomic mass is 9.82. The average Bonchev–Trinajstić information content (AvgIpc) is 2.73. The number of fused-ring (bicyclic) bond motifs is 3. The predicted octanol–water partition coefficient (Wildman–Crippen LogP) is 5.03. The minimum atomic E-state index is -0.285. The van der Waals surface area contributed by atoms with Gasteiger partial charge in [0, 0.05) is 24.4 Å². The van der Waals surface area contributed by atoms with Gasteiger partial charge in [-0.15, -0.1) is 0 Å². The molecule has 1 atom stereocenters. The van der Waals surface area contributed by atoms with Crippen LogP contribution in [0.1, 0.15) is 43.2 Å². The number of anilines is 1. The predicted molar refractivity (Wildman–Crippen MR) is 113 cm³/mol. The van der Waals surface area contributed by atoms with Gasteiger partial charge in [0.15, 0.2) is 11.5 Å². The molecule has 1 N–H and O–H groups in total. The van der Waals surface area contributed by atoms with Gasteiger partial charge in [0.1, 0.15) is 0 Å². The van der Waals surface area contributed by atoms with Gasteiger partial charge >= 0.3 is 5.97 Å². The number of rotatable bonds is 5. The molecule has 0 aliphatic carbocycles. The van der Waals surface area contributed by atoms with Crippen LogP contribution in [0.25, 0.3) is 10.8 Å². The summed E-state index contributed by atoms with van der Waals surface area (Å²) < 4.78 is 10.9. The van der Waals surface area contributed by atoms with E-state index in [2.05, 4.69) is 17.4 Å². The Balaban J connectivity index is 1.78. The molecule has 5 heteroatoms. The normalized spacial score (nSPS) is 15.5. The molecule has 0 saturated heterocycles. The van der Waals surface area contributed by atoms with Crippen LogP contribution in [-0.2, 0) is 9.59 Å². The lowest BCUT2D eigenvalue weighted by Gasteiger charge is -2.28. The fourth-order valence-corrected chi connectivity index (χ4v) is 3.92. The average molecular weight is 389 g/mol. The number of hydrogen-bond acceptors (Lipinski definition) is 4. The first-order valence-electron chi connectivity index (χ1n) is 9.80. The molecule has 29 heavy (non-hydrogen) atoms. The van der Waals surface area contributed by atoms with Crippen molar-refractivity contribution in [2.75, 3.05) is 12.4 Å². The second-order valence-corrected chi connectivity index (χ2v) is 7.19. The standard InChI is InChI=1S/C24H23NO4/c1-3-6-23(27)29-20-12-10-16(13-21(20)28-2)18-14-22(26)25-19-11-9-15-7-4-5-8-17(15)24(18)19/h4-5,7-13,18H,3,6,14H2,1-2H3,(H,25,26)/t18-/m1/s1. The van der Waals surface area contributed by atoms with Gasteiger partial charge in [0.2, 0.25) is 5.91 Å². The molecule has 0 bridgehead atoms. The van der Waals surface area contributed by atoms with E-state index in [9.17, 15) is 9.59 Å². The van der Waals surface area contributed by atoms with Crippen LogP contribution in [0.4, 0.5) is 5.69 Å². The molecule has 5 nitrogen and oxygen atoms in total. The van der Waals surface area contributed by atoms with Gasteiger partial charge in [-0.3, -0.25) is 9.59 Å². The monoisotopic (exact) mass is 389 g/mol. The van der Waals surface area contributed by atoms with E-state index in [1.54, 1.807) is 13.2 Å². The van der Waals surface area contributed by atoms with Crippen LogP contribution in [0.2, 0.25) is 0 Å². The van der Waals surface area contributed by atoms with Crippen molar-refractivity contribution in [3.63, 3.8) is 0 Å². The molecule has 0 aromatic heterocycles. The quantitative estimate of drug-likeness (QED) is 0.491. The molecular formula is C24H23NO4. The number of benzene rings is 3. The van der Waals surface area contributed by atoms with Gasteiger partial charge in [-0.05, 0) is 46.5 Å². The van der Waals surface area contributed by atoms with Gasteiger partial charge in [-0.2, -0.15) is 0 Å². The molecule has 0 fully saturated rings. The van der Waals surface area contributed by atoms with Crippen LogP contribution in [0.15, 0.2) is 54.6 Å². The van der Waals surface area contributed by atoms with E-state index in [1.807, 2.05) is 43.3 Å². The largest absolute Gasteiger partial charge is 0.493 e. The highest BCUT2D eigenvalue weighted by atomic mass is 16.6. The van der Waals surface area contributed by atoms with E-state index in [4.69, 9.17) is 9.47 Å². The van der Waals surface area contributed by atoms with Crippen molar-refractivity contribution in [1.82, 2.24) is 0 Å². The van der Waals surface area contributed by atoms with E-state index < -0.39 is 0 Å². The highest BCUT2D eigenvalue weighted by Gasteiger charge is 2.29. The van der Waals surface area contributed by atoms with Crippen molar-refractivity contribution >= 4 is 28.3 Å². The first-order valence-corrected chi connectivity index (χ1v) is 9.80. The van der Waals surface area contributed by atoms with E-state index in [0.29, 0.717) is 24.3 Å². The van der Waals surface area contributed by atoms with Crippen molar-refractivity contribution in [3.8, 4) is 11.5 Å². The number of ether oxygens (including phenoxy) is 2. The smallest absolute Gasteiger partial charge is 0.311 e. The molecule has 1 heterocycles. The summed E-state index contributed by atoms with van der Waals surface area (Å²) in [5.41, 5.74) is 2.88. The minimum Gasteiger partial charge on any atom is -0.493 e. The molecule has 0 radical (unpaired) electrons. The summed E-state index contributed by atoms with van der Waals surface area (Å²) >= 11 is 0. The van der Waals surface area contributed by atoms with Crippen molar-refractivity contribution in [1.29, 1.82) is 0 Å². The van der Waals surface area contributed by atoms with E-state index >= 15 is 0 Å². The molecule has 0 spiro atoms. The Morgan fingerprint density at radius 3 is 2.72 bits per heavy atom. The van der Waals surface area contributed by atoms with E-state index in [0.717, 1.165) is 34.0 Å². The number of hydrogen-bond donors (Lipinski definition) is 1. The zero-order valence-electron chi connectivity index (χ0n) is 16.5. The molecule has 148 valence electrons. The third kappa shape index (κ3) is 3.68. The Labute approximate surface area is 169 Å². The fourth-order valence-electron chi connectivity index (χ4n) is 3.92. The Hall–Kier alpha value is -3.34. The van der Waals surface area contributed by atoms with Crippen molar-refractivity contribution in [2.24, 2.45) is 0 Å². The maximum atomic E-state index is 12.4. The maximum absolute atomic E-state index is 12.4. The number of esters is 1. The number of amides is 1. The summed E-state index contributed by atoms with van der Waals surface area (Å²) in [5.74, 6) is 0.467. The number of methoxy groups -OCH3 is 1. The third-order valence-corrected chi connectivity index (χ3v) is 5.25. The molecule has 1 amide bonds. The summed E-state index contributed by atoms with van der Waals surface area (Å²) in [4.78, 5) is 24.3. The second-order valence-electron chi connectivity index (χ2n) is 7.19. The molecule has 0 unspecified atom stereocenters. The van der Waals surface area contributed by atoms with Crippen molar-refractivity contribution in [2.45, 2.75) is 32.1 Å². The van der Waals surface area contributed by atoms with Crippen LogP contribution < -0.4 is 14.8 Å². The highest BCUT2D eigenvalue weighted by molar-refractivity contribution is 6.01. The van der Waals surface area contributed by atoms with Crippen LogP contribution in [0.5, 0.6) is 11.5 Å². The minimum absolute atomic E-state index is 0.0183. The van der Waals surface area contributed by atoms with Crippen molar-refractivity contribution in [3.05, 3.63) is 65.7 Å². The van der Waals surface area contributed by atoms with Crippen LogP contribution in [-0.4, -0.2) is 19.0 Å². The van der Waals surface area contributed by atoms with E-state index in [-0.39, 0.29) is 17.8 Å². The van der Waals surface area contributed by atoms with Crippen LogP contribution in [0, 0.1) is 0 Å². The van der Waals surface area contributed by atoms with Gasteiger partial charge < -0.3 is 14.8 Å². The lowest BCUT2D eigenvalue weighted by Crippen LogP contribution is -2.23. The fraction of sp³-hybridized carbons (Fsp3) is 0.250. The molecular weight excluding hydrogens is 366 g/mol.